The van der Waals surface area contributed by atoms with E-state index < -0.39 is 0 Å². The number of carbonyl (C=O) groups is 2. The van der Waals surface area contributed by atoms with Crippen LogP contribution in [0, 0.1) is 5.92 Å². The highest BCUT2D eigenvalue weighted by atomic mass is 16.6. The van der Waals surface area contributed by atoms with E-state index in [1.54, 1.807) is 0 Å². The zero-order valence-corrected chi connectivity index (χ0v) is 16.2. The minimum absolute atomic E-state index is 0.0796. The molecule has 0 aliphatic heterocycles. The van der Waals surface area contributed by atoms with Gasteiger partial charge < -0.3 is 14.2 Å². The molecular weight excluding hydrogens is 296 g/mol. The van der Waals surface area contributed by atoms with Gasteiger partial charge in [0.15, 0.2) is 0 Å². The van der Waals surface area contributed by atoms with E-state index in [0.29, 0.717) is 12.5 Å². The van der Waals surface area contributed by atoms with E-state index in [-0.39, 0.29) is 23.6 Å². The normalized spacial score (nSPS) is 13.4. The van der Waals surface area contributed by atoms with Gasteiger partial charge in [-0.3, -0.25) is 9.59 Å². The van der Waals surface area contributed by atoms with Crippen molar-refractivity contribution in [2.45, 2.75) is 86.4 Å². The van der Waals surface area contributed by atoms with E-state index >= 15 is 0 Å². The van der Waals surface area contributed by atoms with Crippen molar-refractivity contribution in [3.8, 4) is 0 Å². The number of ether oxygens (including phenoxy) is 3. The lowest BCUT2D eigenvalue weighted by atomic mass is 10.0. The Labute approximate surface area is 142 Å². The first kappa shape index (κ1) is 24.2. The molecule has 0 fully saturated rings. The van der Waals surface area contributed by atoms with Gasteiger partial charge in [-0.2, -0.15) is 0 Å². The standard InChI is InChI=1S/C12H24O3.C6H12O2/c1-5-7-14-9-12(15-11(4)13)8-10(3)6-2;1-5(7)8-6(2,3)4/h10,12H,5-9H2,1-4H3;1-4H3. The Bertz CT molecular complexity index is 320. The van der Waals surface area contributed by atoms with Gasteiger partial charge in [0.05, 0.1) is 6.61 Å². The fourth-order valence-corrected chi connectivity index (χ4v) is 1.79. The summed E-state index contributed by atoms with van der Waals surface area (Å²) in [6, 6.07) is 0. The number of rotatable bonds is 8. The third-order valence-corrected chi connectivity index (χ3v) is 2.80. The minimum atomic E-state index is -0.328. The maximum atomic E-state index is 10.9. The van der Waals surface area contributed by atoms with Crippen LogP contribution in [0.15, 0.2) is 0 Å². The van der Waals surface area contributed by atoms with Crippen LogP contribution >= 0.6 is 0 Å². The van der Waals surface area contributed by atoms with Crippen LogP contribution in [-0.4, -0.2) is 36.9 Å². The average Bonchev–Trinajstić information content (AvgIpc) is 2.35. The van der Waals surface area contributed by atoms with Gasteiger partial charge in [0.1, 0.15) is 11.7 Å². The van der Waals surface area contributed by atoms with E-state index in [2.05, 4.69) is 20.8 Å². The van der Waals surface area contributed by atoms with Gasteiger partial charge in [-0.1, -0.05) is 27.2 Å². The van der Waals surface area contributed by atoms with Crippen molar-refractivity contribution in [3.05, 3.63) is 0 Å². The molecule has 5 nitrogen and oxygen atoms in total. The van der Waals surface area contributed by atoms with Crippen LogP contribution in [0.4, 0.5) is 0 Å². The van der Waals surface area contributed by atoms with Crippen molar-refractivity contribution in [2.75, 3.05) is 13.2 Å². The van der Waals surface area contributed by atoms with Gasteiger partial charge in [-0.15, -0.1) is 0 Å². The van der Waals surface area contributed by atoms with Gasteiger partial charge >= 0.3 is 11.9 Å². The second-order valence-corrected chi connectivity index (χ2v) is 6.76. The van der Waals surface area contributed by atoms with E-state index in [4.69, 9.17) is 14.2 Å². The second-order valence-electron chi connectivity index (χ2n) is 6.76. The highest BCUT2D eigenvalue weighted by Gasteiger charge is 2.15. The molecule has 2 atom stereocenters. The zero-order chi connectivity index (χ0) is 18.5. The monoisotopic (exact) mass is 332 g/mol. The van der Waals surface area contributed by atoms with Crippen molar-refractivity contribution < 1.29 is 23.8 Å². The second kappa shape index (κ2) is 13.3. The lowest BCUT2D eigenvalue weighted by molar-refractivity contribution is -0.152. The van der Waals surface area contributed by atoms with Crippen LogP contribution in [0.1, 0.15) is 74.7 Å². The Kier molecular flexibility index (Phi) is 14.0. The summed E-state index contributed by atoms with van der Waals surface area (Å²) in [5, 5.41) is 0. The Morgan fingerprint density at radius 1 is 1.04 bits per heavy atom. The molecule has 0 aliphatic rings. The lowest BCUT2D eigenvalue weighted by Gasteiger charge is -2.20. The molecule has 0 heterocycles. The van der Waals surface area contributed by atoms with Crippen molar-refractivity contribution in [2.24, 2.45) is 5.92 Å². The zero-order valence-electron chi connectivity index (χ0n) is 16.2. The molecule has 0 amide bonds. The number of carbonyl (C=O) groups excluding carboxylic acids is 2. The summed E-state index contributed by atoms with van der Waals surface area (Å²) in [6.07, 6.45) is 2.91. The Morgan fingerprint density at radius 2 is 1.61 bits per heavy atom. The average molecular weight is 332 g/mol. The van der Waals surface area contributed by atoms with Crippen LogP contribution in [0.5, 0.6) is 0 Å². The van der Waals surface area contributed by atoms with Crippen LogP contribution in [-0.2, 0) is 23.8 Å². The molecule has 0 saturated carbocycles. The van der Waals surface area contributed by atoms with E-state index in [1.165, 1.54) is 13.8 Å². The molecule has 0 spiro atoms. The molecule has 23 heavy (non-hydrogen) atoms. The molecular formula is C18H36O5. The topological polar surface area (TPSA) is 61.8 Å². The molecule has 0 aliphatic carbocycles. The van der Waals surface area contributed by atoms with Crippen LogP contribution in [0.25, 0.3) is 0 Å². The molecule has 0 aromatic heterocycles. The lowest BCUT2D eigenvalue weighted by Crippen LogP contribution is -2.24. The van der Waals surface area contributed by atoms with Crippen molar-refractivity contribution >= 4 is 11.9 Å². The predicted octanol–water partition coefficient (Wildman–Crippen LogP) is 4.13. The Morgan fingerprint density at radius 3 is 1.91 bits per heavy atom. The highest BCUT2D eigenvalue weighted by molar-refractivity contribution is 5.66. The molecule has 2 unspecified atom stereocenters. The van der Waals surface area contributed by atoms with Crippen molar-refractivity contribution in [1.29, 1.82) is 0 Å². The first-order valence-electron chi connectivity index (χ1n) is 8.46. The highest BCUT2D eigenvalue weighted by Crippen LogP contribution is 2.13. The fourth-order valence-electron chi connectivity index (χ4n) is 1.79. The Balaban J connectivity index is 0. The minimum Gasteiger partial charge on any atom is -0.460 e. The predicted molar refractivity (Wildman–Crippen MR) is 92.3 cm³/mol. The maximum Gasteiger partial charge on any atom is 0.303 e. The van der Waals surface area contributed by atoms with Crippen LogP contribution in [0.3, 0.4) is 0 Å². The summed E-state index contributed by atoms with van der Waals surface area (Å²) in [5.41, 5.74) is -0.328. The maximum absolute atomic E-state index is 10.9. The van der Waals surface area contributed by atoms with Gasteiger partial charge in [-0.05, 0) is 39.5 Å². The quantitative estimate of drug-likeness (QED) is 0.494. The smallest absolute Gasteiger partial charge is 0.303 e. The number of esters is 2. The SMILES string of the molecule is CC(=O)OC(C)(C)C.CCCOCC(CC(C)CC)OC(C)=O. The summed E-state index contributed by atoms with van der Waals surface area (Å²) >= 11 is 0. The third kappa shape index (κ3) is 20.9. The summed E-state index contributed by atoms with van der Waals surface area (Å²) in [5.74, 6) is 0.125. The summed E-state index contributed by atoms with van der Waals surface area (Å²) in [4.78, 5) is 21.1. The van der Waals surface area contributed by atoms with Gasteiger partial charge in [0.25, 0.3) is 0 Å². The van der Waals surface area contributed by atoms with Crippen LogP contribution < -0.4 is 0 Å². The summed E-state index contributed by atoms with van der Waals surface area (Å²) in [7, 11) is 0. The summed E-state index contributed by atoms with van der Waals surface area (Å²) < 4.78 is 15.4. The van der Waals surface area contributed by atoms with Crippen molar-refractivity contribution in [1.82, 2.24) is 0 Å². The van der Waals surface area contributed by atoms with Crippen molar-refractivity contribution in [3.63, 3.8) is 0 Å². The van der Waals surface area contributed by atoms with Crippen LogP contribution in [0.2, 0.25) is 0 Å². The molecule has 0 aromatic carbocycles. The molecule has 0 aromatic rings. The summed E-state index contributed by atoms with van der Waals surface area (Å²) in [6.45, 7) is 16.0. The third-order valence-electron chi connectivity index (χ3n) is 2.80. The van der Waals surface area contributed by atoms with E-state index in [0.717, 1.165) is 25.9 Å². The molecule has 0 N–H and O–H groups in total. The molecule has 5 heteroatoms. The fraction of sp³-hybridized carbons (Fsp3) is 0.889. The number of hydrogen-bond acceptors (Lipinski definition) is 5. The van der Waals surface area contributed by atoms with Gasteiger partial charge in [0, 0.05) is 20.5 Å². The molecule has 0 bridgehead atoms. The molecule has 0 saturated heterocycles. The van der Waals surface area contributed by atoms with Gasteiger partial charge in [-0.25, -0.2) is 0 Å². The number of hydrogen-bond donors (Lipinski definition) is 0. The van der Waals surface area contributed by atoms with E-state index in [1.807, 2.05) is 20.8 Å². The molecule has 0 rings (SSSR count). The Hall–Kier alpha value is -1.10. The largest absolute Gasteiger partial charge is 0.460 e. The molecule has 0 radical (unpaired) electrons. The first-order chi connectivity index (χ1) is 10.5. The first-order valence-corrected chi connectivity index (χ1v) is 8.46. The van der Waals surface area contributed by atoms with Gasteiger partial charge in [0.2, 0.25) is 0 Å². The van der Waals surface area contributed by atoms with E-state index in [9.17, 15) is 9.59 Å². The molecule has 138 valence electrons.